The number of aryl methyl sites for hydroxylation is 1. The highest BCUT2D eigenvalue weighted by atomic mass is 35.5. The number of carbonyl (C=O) groups is 2. The van der Waals surface area contributed by atoms with Gasteiger partial charge in [-0.05, 0) is 36.6 Å². The average molecular weight is 346 g/mol. The molecule has 0 saturated heterocycles. The van der Waals surface area contributed by atoms with Crippen molar-refractivity contribution in [2.45, 2.75) is 19.8 Å². The van der Waals surface area contributed by atoms with Crippen LogP contribution >= 0.6 is 11.6 Å². The predicted octanol–water partition coefficient (Wildman–Crippen LogP) is 3.09. The number of carbonyl (C=O) groups excluding carboxylic acids is 2. The topological polar surface area (TPSA) is 55.4 Å². The van der Waals surface area contributed by atoms with Gasteiger partial charge in [0.05, 0.1) is 6.42 Å². The first kappa shape index (κ1) is 18.0. The van der Waals surface area contributed by atoms with Gasteiger partial charge in [0.2, 0.25) is 0 Å². The quantitative estimate of drug-likeness (QED) is 0.784. The monoisotopic (exact) mass is 345 g/mol. The lowest BCUT2D eigenvalue weighted by Crippen LogP contribution is -2.30. The van der Waals surface area contributed by atoms with Gasteiger partial charge in [0.25, 0.3) is 5.91 Å². The van der Waals surface area contributed by atoms with Gasteiger partial charge in [-0.2, -0.15) is 0 Å². The second-order valence-electron chi connectivity index (χ2n) is 5.55. The van der Waals surface area contributed by atoms with Crippen LogP contribution in [0, 0.1) is 6.92 Å². The third-order valence-corrected chi connectivity index (χ3v) is 3.69. The van der Waals surface area contributed by atoms with E-state index in [0.29, 0.717) is 18.0 Å². The van der Waals surface area contributed by atoms with Crippen LogP contribution in [0.2, 0.25) is 5.02 Å². The molecule has 0 aliphatic rings. The van der Waals surface area contributed by atoms with Crippen molar-refractivity contribution in [1.82, 2.24) is 5.32 Å². The second-order valence-corrected chi connectivity index (χ2v) is 5.99. The van der Waals surface area contributed by atoms with Crippen LogP contribution < -0.4 is 5.32 Å². The number of amides is 1. The van der Waals surface area contributed by atoms with Crippen LogP contribution in [0.4, 0.5) is 0 Å². The van der Waals surface area contributed by atoms with Crippen LogP contribution in [0.25, 0.3) is 0 Å². The van der Waals surface area contributed by atoms with E-state index in [1.54, 1.807) is 6.07 Å². The Kier molecular flexibility index (Phi) is 6.82. The summed E-state index contributed by atoms with van der Waals surface area (Å²) in [6, 6.07) is 15.1. The summed E-state index contributed by atoms with van der Waals surface area (Å²) in [7, 11) is 0. The van der Waals surface area contributed by atoms with Gasteiger partial charge in [0, 0.05) is 11.6 Å². The number of esters is 1. The highest BCUT2D eigenvalue weighted by Gasteiger charge is 2.08. The summed E-state index contributed by atoms with van der Waals surface area (Å²) in [5.41, 5.74) is 3.04. The molecule has 0 bridgehead atoms. The van der Waals surface area contributed by atoms with E-state index in [1.807, 2.05) is 49.4 Å². The van der Waals surface area contributed by atoms with Crippen molar-refractivity contribution >= 4 is 23.5 Å². The van der Waals surface area contributed by atoms with Crippen LogP contribution in [-0.2, 0) is 27.2 Å². The first-order valence-corrected chi connectivity index (χ1v) is 8.13. The smallest absolute Gasteiger partial charge is 0.310 e. The van der Waals surface area contributed by atoms with Crippen molar-refractivity contribution in [2.75, 3.05) is 13.2 Å². The molecule has 0 fully saturated rings. The first-order valence-electron chi connectivity index (χ1n) is 7.75. The number of halogens is 1. The van der Waals surface area contributed by atoms with E-state index in [2.05, 4.69) is 5.32 Å². The van der Waals surface area contributed by atoms with E-state index >= 15 is 0 Å². The fourth-order valence-electron chi connectivity index (χ4n) is 2.16. The number of hydrogen-bond acceptors (Lipinski definition) is 3. The zero-order valence-corrected chi connectivity index (χ0v) is 14.3. The highest BCUT2D eigenvalue weighted by Crippen LogP contribution is 2.10. The minimum atomic E-state index is -0.413. The minimum absolute atomic E-state index is 0.163. The first-order chi connectivity index (χ1) is 11.5. The van der Waals surface area contributed by atoms with Crippen molar-refractivity contribution < 1.29 is 14.3 Å². The van der Waals surface area contributed by atoms with Gasteiger partial charge in [-0.15, -0.1) is 0 Å². The SMILES string of the molecule is Cc1ccc(CC(=O)OCC(=O)NCCc2cccc(Cl)c2)cc1. The Labute approximate surface area is 146 Å². The van der Waals surface area contributed by atoms with E-state index in [1.165, 1.54) is 0 Å². The van der Waals surface area contributed by atoms with Crippen LogP contribution in [0.3, 0.4) is 0 Å². The fourth-order valence-corrected chi connectivity index (χ4v) is 2.37. The van der Waals surface area contributed by atoms with E-state index in [4.69, 9.17) is 16.3 Å². The molecule has 0 aliphatic carbocycles. The Morgan fingerprint density at radius 1 is 1.08 bits per heavy atom. The lowest BCUT2D eigenvalue weighted by Gasteiger charge is -2.07. The summed E-state index contributed by atoms with van der Waals surface area (Å²) in [6.07, 6.45) is 0.833. The van der Waals surface area contributed by atoms with Crippen molar-refractivity contribution in [3.05, 3.63) is 70.2 Å². The van der Waals surface area contributed by atoms with Gasteiger partial charge in [-0.3, -0.25) is 9.59 Å². The van der Waals surface area contributed by atoms with E-state index in [-0.39, 0.29) is 18.9 Å². The molecule has 0 atom stereocenters. The molecule has 24 heavy (non-hydrogen) atoms. The van der Waals surface area contributed by atoms with Crippen LogP contribution in [0.15, 0.2) is 48.5 Å². The standard InChI is InChI=1S/C19H20ClNO3/c1-14-5-7-16(8-6-14)12-19(23)24-13-18(22)21-10-9-15-3-2-4-17(20)11-15/h2-8,11H,9-10,12-13H2,1H3,(H,21,22). The summed E-state index contributed by atoms with van der Waals surface area (Å²) in [5, 5.41) is 3.39. The molecule has 5 heteroatoms. The molecule has 1 amide bonds. The van der Waals surface area contributed by atoms with Crippen LogP contribution in [-0.4, -0.2) is 25.0 Å². The molecular formula is C19H20ClNO3. The molecule has 0 aromatic heterocycles. The van der Waals surface area contributed by atoms with Gasteiger partial charge in [-0.25, -0.2) is 0 Å². The molecule has 0 unspecified atom stereocenters. The van der Waals surface area contributed by atoms with E-state index in [9.17, 15) is 9.59 Å². The Balaban J connectivity index is 1.65. The molecule has 126 valence electrons. The molecule has 1 N–H and O–H groups in total. The van der Waals surface area contributed by atoms with Crippen LogP contribution in [0.1, 0.15) is 16.7 Å². The maximum Gasteiger partial charge on any atom is 0.310 e. The number of ether oxygens (including phenoxy) is 1. The number of benzene rings is 2. The Morgan fingerprint density at radius 2 is 1.83 bits per heavy atom. The van der Waals surface area contributed by atoms with Crippen LogP contribution in [0.5, 0.6) is 0 Å². The zero-order valence-electron chi connectivity index (χ0n) is 13.5. The number of rotatable bonds is 7. The van der Waals surface area contributed by atoms with Crippen molar-refractivity contribution in [2.24, 2.45) is 0 Å². The zero-order chi connectivity index (χ0) is 17.4. The average Bonchev–Trinajstić information content (AvgIpc) is 2.55. The van der Waals surface area contributed by atoms with Gasteiger partial charge in [0.15, 0.2) is 6.61 Å². The second kappa shape index (κ2) is 9.08. The lowest BCUT2D eigenvalue weighted by molar-refractivity contribution is -0.147. The third-order valence-electron chi connectivity index (χ3n) is 3.46. The molecule has 0 spiro atoms. The van der Waals surface area contributed by atoms with E-state index in [0.717, 1.165) is 16.7 Å². The van der Waals surface area contributed by atoms with Gasteiger partial charge >= 0.3 is 5.97 Å². The van der Waals surface area contributed by atoms with Gasteiger partial charge < -0.3 is 10.1 Å². The van der Waals surface area contributed by atoms with Gasteiger partial charge in [0.1, 0.15) is 0 Å². The van der Waals surface area contributed by atoms with Crippen molar-refractivity contribution in [1.29, 1.82) is 0 Å². The maximum absolute atomic E-state index is 11.7. The van der Waals surface area contributed by atoms with Gasteiger partial charge in [-0.1, -0.05) is 53.6 Å². The summed E-state index contributed by atoms with van der Waals surface area (Å²) >= 11 is 5.90. The highest BCUT2D eigenvalue weighted by molar-refractivity contribution is 6.30. The number of nitrogens with one attached hydrogen (secondary N) is 1. The molecule has 2 rings (SSSR count). The molecule has 2 aromatic rings. The van der Waals surface area contributed by atoms with Crippen molar-refractivity contribution in [3.8, 4) is 0 Å². The molecule has 0 radical (unpaired) electrons. The lowest BCUT2D eigenvalue weighted by atomic mass is 10.1. The Hall–Kier alpha value is -2.33. The molecule has 2 aromatic carbocycles. The molecule has 0 aliphatic heterocycles. The van der Waals surface area contributed by atoms with Crippen molar-refractivity contribution in [3.63, 3.8) is 0 Å². The Bertz CT molecular complexity index is 698. The summed E-state index contributed by atoms with van der Waals surface area (Å²) in [6.45, 7) is 2.19. The summed E-state index contributed by atoms with van der Waals surface area (Å²) < 4.78 is 4.99. The van der Waals surface area contributed by atoms with E-state index < -0.39 is 5.97 Å². The number of hydrogen-bond donors (Lipinski definition) is 1. The maximum atomic E-state index is 11.7. The molecule has 0 saturated carbocycles. The predicted molar refractivity (Wildman–Crippen MR) is 94.0 cm³/mol. The molecular weight excluding hydrogens is 326 g/mol. The Morgan fingerprint density at radius 3 is 2.54 bits per heavy atom. The third kappa shape index (κ3) is 6.42. The minimum Gasteiger partial charge on any atom is -0.455 e. The summed E-state index contributed by atoms with van der Waals surface area (Å²) in [5.74, 6) is -0.724. The largest absolute Gasteiger partial charge is 0.455 e. The fraction of sp³-hybridized carbons (Fsp3) is 0.263. The summed E-state index contributed by atoms with van der Waals surface area (Å²) in [4.78, 5) is 23.4. The normalized spacial score (nSPS) is 10.2. The molecule has 0 heterocycles. The molecule has 4 nitrogen and oxygen atoms in total.